The average molecular weight is 400 g/mol. The molecule has 156 valence electrons. The van der Waals surface area contributed by atoms with Gasteiger partial charge >= 0.3 is 5.97 Å². The summed E-state index contributed by atoms with van der Waals surface area (Å²) >= 11 is 0. The molecule has 1 aromatic carbocycles. The van der Waals surface area contributed by atoms with Crippen LogP contribution in [0.5, 0.6) is 0 Å². The molecule has 0 aliphatic carbocycles. The van der Waals surface area contributed by atoms with Gasteiger partial charge in [0.25, 0.3) is 17.7 Å². The van der Waals surface area contributed by atoms with Crippen molar-refractivity contribution >= 4 is 23.7 Å². The van der Waals surface area contributed by atoms with Gasteiger partial charge in [0.1, 0.15) is 6.04 Å². The van der Waals surface area contributed by atoms with E-state index >= 15 is 0 Å². The topological polar surface area (TPSA) is 84.0 Å². The van der Waals surface area contributed by atoms with E-state index in [1.807, 2.05) is 20.8 Å². The highest BCUT2D eigenvalue weighted by molar-refractivity contribution is 6.22. The third-order valence-corrected chi connectivity index (χ3v) is 5.57. The Bertz CT molecular complexity index is 784. The Balaban J connectivity index is 1.72. The second kappa shape index (κ2) is 8.76. The highest BCUT2D eigenvalue weighted by Crippen LogP contribution is 2.27. The van der Waals surface area contributed by atoms with Crippen LogP contribution in [0.15, 0.2) is 24.3 Å². The zero-order valence-corrected chi connectivity index (χ0v) is 17.2. The molecule has 7 heteroatoms. The van der Waals surface area contributed by atoms with Crippen LogP contribution in [-0.4, -0.2) is 58.7 Å². The van der Waals surface area contributed by atoms with Crippen LogP contribution in [0, 0.1) is 5.92 Å². The maximum atomic E-state index is 12.8. The number of rotatable bonds is 6. The van der Waals surface area contributed by atoms with E-state index in [0.717, 1.165) is 24.2 Å². The van der Waals surface area contributed by atoms with Crippen molar-refractivity contribution < 1.29 is 23.9 Å². The molecular formula is C22H28N2O5. The van der Waals surface area contributed by atoms with Crippen LogP contribution in [-0.2, 0) is 14.3 Å². The molecule has 0 aromatic heterocycles. The monoisotopic (exact) mass is 400 g/mol. The van der Waals surface area contributed by atoms with Crippen LogP contribution in [0.2, 0.25) is 0 Å². The van der Waals surface area contributed by atoms with Gasteiger partial charge in [-0.05, 0) is 50.7 Å². The largest absolute Gasteiger partial charge is 0.454 e. The predicted octanol–water partition coefficient (Wildman–Crippen LogP) is 2.64. The van der Waals surface area contributed by atoms with Gasteiger partial charge in [0, 0.05) is 12.6 Å². The number of esters is 1. The van der Waals surface area contributed by atoms with Crippen molar-refractivity contribution in [1.82, 2.24) is 9.80 Å². The molecule has 0 N–H and O–H groups in total. The second-order valence-electron chi connectivity index (χ2n) is 8.21. The summed E-state index contributed by atoms with van der Waals surface area (Å²) in [6, 6.07) is 5.60. The van der Waals surface area contributed by atoms with E-state index in [4.69, 9.17) is 4.74 Å². The van der Waals surface area contributed by atoms with Crippen molar-refractivity contribution in [1.29, 1.82) is 0 Å². The standard InChI is InChI=1S/C22H28N2O5/c1-14(2)12-18(24-20(26)16-9-4-5-10-17(16)21(24)27)22(28)29-13-19(25)23-11-7-6-8-15(23)3/h4-5,9-10,14-15,18H,6-8,11-13H2,1-3H3/t15-,18+/m0/s1. The van der Waals surface area contributed by atoms with Gasteiger partial charge in [-0.15, -0.1) is 0 Å². The summed E-state index contributed by atoms with van der Waals surface area (Å²) in [7, 11) is 0. The normalized spacial score (nSPS) is 20.1. The number of carbonyl (C=O) groups excluding carboxylic acids is 4. The summed E-state index contributed by atoms with van der Waals surface area (Å²) in [5.74, 6) is -1.90. The molecule has 7 nitrogen and oxygen atoms in total. The van der Waals surface area contributed by atoms with Crippen molar-refractivity contribution in [2.24, 2.45) is 5.92 Å². The number of carbonyl (C=O) groups is 4. The van der Waals surface area contributed by atoms with E-state index in [1.54, 1.807) is 29.2 Å². The zero-order chi connectivity index (χ0) is 21.1. The molecule has 29 heavy (non-hydrogen) atoms. The maximum Gasteiger partial charge on any atom is 0.329 e. The molecule has 0 spiro atoms. The fourth-order valence-electron chi connectivity index (χ4n) is 4.03. The first-order chi connectivity index (χ1) is 13.8. The Labute approximate surface area is 171 Å². The number of fused-ring (bicyclic) bond motifs is 1. The third kappa shape index (κ3) is 4.33. The van der Waals surface area contributed by atoms with E-state index in [2.05, 4.69) is 0 Å². The van der Waals surface area contributed by atoms with Crippen LogP contribution >= 0.6 is 0 Å². The van der Waals surface area contributed by atoms with Gasteiger partial charge in [0.2, 0.25) is 0 Å². The number of piperidine rings is 1. The molecule has 0 saturated carbocycles. The first-order valence-electron chi connectivity index (χ1n) is 10.2. The van der Waals surface area contributed by atoms with E-state index in [-0.39, 0.29) is 42.0 Å². The Kier molecular flexibility index (Phi) is 6.35. The molecule has 1 saturated heterocycles. The summed E-state index contributed by atoms with van der Waals surface area (Å²) in [6.07, 6.45) is 3.24. The lowest BCUT2D eigenvalue weighted by atomic mass is 10.0. The van der Waals surface area contributed by atoms with Gasteiger partial charge in [-0.2, -0.15) is 0 Å². The number of nitrogens with zero attached hydrogens (tertiary/aromatic N) is 2. The van der Waals surface area contributed by atoms with E-state index in [1.165, 1.54) is 0 Å². The Morgan fingerprint density at radius 1 is 1.10 bits per heavy atom. The molecule has 0 bridgehead atoms. The van der Waals surface area contributed by atoms with Crippen LogP contribution in [0.1, 0.15) is 67.2 Å². The van der Waals surface area contributed by atoms with Gasteiger partial charge in [-0.25, -0.2) is 4.79 Å². The Hall–Kier alpha value is -2.70. The van der Waals surface area contributed by atoms with Crippen LogP contribution in [0.4, 0.5) is 0 Å². The van der Waals surface area contributed by atoms with Crippen LogP contribution in [0.3, 0.4) is 0 Å². The highest BCUT2D eigenvalue weighted by Gasteiger charge is 2.43. The first kappa shape index (κ1) is 21.0. The molecule has 0 unspecified atom stereocenters. The molecule has 2 aliphatic rings. The summed E-state index contributed by atoms with van der Waals surface area (Å²) in [5.41, 5.74) is 0.578. The van der Waals surface area contributed by atoms with E-state index in [0.29, 0.717) is 6.54 Å². The molecule has 3 amide bonds. The van der Waals surface area contributed by atoms with E-state index < -0.39 is 23.8 Å². The minimum Gasteiger partial charge on any atom is -0.454 e. The number of hydrogen-bond donors (Lipinski definition) is 0. The first-order valence-corrected chi connectivity index (χ1v) is 10.2. The number of imide groups is 1. The van der Waals surface area contributed by atoms with Crippen LogP contribution < -0.4 is 0 Å². The zero-order valence-electron chi connectivity index (χ0n) is 17.2. The van der Waals surface area contributed by atoms with Gasteiger partial charge in [0.15, 0.2) is 6.61 Å². The highest BCUT2D eigenvalue weighted by atomic mass is 16.5. The fraction of sp³-hybridized carbons (Fsp3) is 0.545. The second-order valence-corrected chi connectivity index (χ2v) is 8.21. The summed E-state index contributed by atoms with van der Waals surface area (Å²) in [6.45, 7) is 6.07. The van der Waals surface area contributed by atoms with Crippen molar-refractivity contribution in [2.75, 3.05) is 13.2 Å². The summed E-state index contributed by atoms with van der Waals surface area (Å²) in [4.78, 5) is 53.6. The summed E-state index contributed by atoms with van der Waals surface area (Å²) < 4.78 is 5.30. The van der Waals surface area contributed by atoms with Gasteiger partial charge in [0.05, 0.1) is 11.1 Å². The molecule has 2 aliphatic heterocycles. The van der Waals surface area contributed by atoms with E-state index in [9.17, 15) is 19.2 Å². The predicted molar refractivity (Wildman–Crippen MR) is 106 cm³/mol. The number of likely N-dealkylation sites (tertiary alicyclic amines) is 1. The smallest absolute Gasteiger partial charge is 0.329 e. The maximum absolute atomic E-state index is 12.8. The van der Waals surface area contributed by atoms with Crippen molar-refractivity contribution in [3.05, 3.63) is 35.4 Å². The number of amides is 3. The van der Waals surface area contributed by atoms with Crippen molar-refractivity contribution in [3.63, 3.8) is 0 Å². The number of ether oxygens (including phenoxy) is 1. The van der Waals surface area contributed by atoms with Gasteiger partial charge in [-0.3, -0.25) is 19.3 Å². The van der Waals surface area contributed by atoms with Gasteiger partial charge in [-0.1, -0.05) is 26.0 Å². The lowest BCUT2D eigenvalue weighted by Gasteiger charge is -2.33. The lowest BCUT2D eigenvalue weighted by Crippen LogP contribution is -2.48. The summed E-state index contributed by atoms with van der Waals surface area (Å²) in [5, 5.41) is 0. The molecule has 2 atom stereocenters. The molecule has 0 radical (unpaired) electrons. The van der Waals surface area contributed by atoms with Crippen LogP contribution in [0.25, 0.3) is 0 Å². The SMILES string of the molecule is CC(C)C[C@H](C(=O)OCC(=O)N1CCCC[C@@H]1C)N1C(=O)c2ccccc2C1=O. The Morgan fingerprint density at radius 2 is 1.72 bits per heavy atom. The molecule has 3 rings (SSSR count). The van der Waals surface area contributed by atoms with Crippen molar-refractivity contribution in [3.8, 4) is 0 Å². The lowest BCUT2D eigenvalue weighted by molar-refractivity contribution is -0.156. The number of hydrogen-bond acceptors (Lipinski definition) is 5. The number of benzene rings is 1. The third-order valence-electron chi connectivity index (χ3n) is 5.57. The van der Waals surface area contributed by atoms with Gasteiger partial charge < -0.3 is 9.64 Å². The minimum atomic E-state index is -1.05. The minimum absolute atomic E-state index is 0.0506. The average Bonchev–Trinajstić information content (AvgIpc) is 2.95. The molecular weight excluding hydrogens is 372 g/mol. The molecule has 1 aromatic rings. The van der Waals surface area contributed by atoms with Crippen molar-refractivity contribution in [2.45, 2.75) is 58.5 Å². The molecule has 2 heterocycles. The fourth-order valence-corrected chi connectivity index (χ4v) is 4.03. The Morgan fingerprint density at radius 3 is 2.28 bits per heavy atom. The molecule has 1 fully saturated rings. The quantitative estimate of drug-likeness (QED) is 0.541.